The van der Waals surface area contributed by atoms with Crippen molar-refractivity contribution in [1.82, 2.24) is 10.3 Å². The highest BCUT2D eigenvalue weighted by atomic mass is 32.2. The third kappa shape index (κ3) is 8.29. The lowest BCUT2D eigenvalue weighted by atomic mass is 9.91. The lowest BCUT2D eigenvalue weighted by molar-refractivity contribution is -0.147. The molecule has 0 aliphatic carbocycles. The van der Waals surface area contributed by atoms with Crippen LogP contribution >= 0.6 is 11.8 Å². The average molecular weight is 547 g/mol. The van der Waals surface area contributed by atoms with Crippen LogP contribution in [0.2, 0.25) is 0 Å². The Bertz CT molecular complexity index is 1360. The second kappa shape index (κ2) is 13.2. The van der Waals surface area contributed by atoms with Gasteiger partial charge in [-0.25, -0.2) is 9.59 Å². The molecule has 1 amide bonds. The number of aliphatic carboxylic acids is 1. The zero-order valence-corrected chi connectivity index (χ0v) is 23.7. The summed E-state index contributed by atoms with van der Waals surface area (Å²) in [5.74, 6) is -1.50. The van der Waals surface area contributed by atoms with Crippen molar-refractivity contribution in [2.24, 2.45) is 0 Å². The molecule has 0 spiro atoms. The molecule has 0 bridgehead atoms. The number of amides is 1. The molecule has 7 nitrogen and oxygen atoms in total. The molecule has 0 saturated heterocycles. The van der Waals surface area contributed by atoms with Gasteiger partial charge in [-0.1, -0.05) is 36.4 Å². The first-order valence-corrected chi connectivity index (χ1v) is 14.0. The largest absolute Gasteiger partial charge is 0.480 e. The first-order valence-electron chi connectivity index (χ1n) is 12.6. The number of hydrogen-bond donors (Lipinski definition) is 2. The monoisotopic (exact) mass is 546 g/mol. The van der Waals surface area contributed by atoms with E-state index in [-0.39, 0.29) is 0 Å². The minimum Gasteiger partial charge on any atom is -0.480 e. The molecule has 3 rings (SSSR count). The molecule has 39 heavy (non-hydrogen) atoms. The number of aromatic nitrogens is 1. The molecule has 1 heterocycles. The smallest absolute Gasteiger partial charge is 0.339 e. The minimum atomic E-state index is -1.09. The molecule has 1 aromatic heterocycles. The number of carbonyl (C=O) groups is 3. The van der Waals surface area contributed by atoms with Crippen molar-refractivity contribution in [3.63, 3.8) is 0 Å². The van der Waals surface area contributed by atoms with Crippen molar-refractivity contribution in [3.05, 3.63) is 89.2 Å². The quantitative estimate of drug-likeness (QED) is 0.242. The van der Waals surface area contributed by atoms with Crippen molar-refractivity contribution >= 4 is 41.3 Å². The number of rotatable bonds is 10. The number of carboxylic acid groups (broad SMARTS) is 1. The molecule has 3 aromatic rings. The topological polar surface area (TPSA) is 106 Å². The molecule has 2 N–H and O–H groups in total. The van der Waals surface area contributed by atoms with Crippen LogP contribution in [0, 0.1) is 6.92 Å². The Kier molecular flexibility index (Phi) is 10.1. The average Bonchev–Trinajstić information content (AvgIpc) is 2.89. The zero-order chi connectivity index (χ0) is 28.6. The summed E-state index contributed by atoms with van der Waals surface area (Å²) in [6, 6.07) is 15.3. The second-order valence-electron chi connectivity index (χ2n) is 10.1. The minimum absolute atomic E-state index is 0.302. The zero-order valence-electron chi connectivity index (χ0n) is 22.9. The maximum atomic E-state index is 13.4. The summed E-state index contributed by atoms with van der Waals surface area (Å²) < 4.78 is 5.72. The lowest BCUT2D eigenvalue weighted by Crippen LogP contribution is -2.41. The molecular formula is C31H34N2O5S. The third-order valence-electron chi connectivity index (χ3n) is 5.84. The Morgan fingerprint density at radius 3 is 2.44 bits per heavy atom. The van der Waals surface area contributed by atoms with E-state index >= 15 is 0 Å². The number of aryl methyl sites for hydroxylation is 1. The predicted molar refractivity (Wildman–Crippen MR) is 156 cm³/mol. The molecule has 0 aliphatic rings. The Hall–Kier alpha value is -3.91. The number of ether oxygens (including phenoxy) is 1. The number of nitrogens with one attached hydrogen (secondary N) is 1. The summed E-state index contributed by atoms with van der Waals surface area (Å²) in [5.41, 5.74) is 3.48. The van der Waals surface area contributed by atoms with Crippen molar-refractivity contribution in [2.75, 3.05) is 12.0 Å². The number of benzene rings is 2. The highest BCUT2D eigenvalue weighted by molar-refractivity contribution is 7.98. The fourth-order valence-electron chi connectivity index (χ4n) is 3.96. The molecule has 8 heteroatoms. The van der Waals surface area contributed by atoms with Gasteiger partial charge in [-0.15, -0.1) is 0 Å². The molecule has 0 aliphatic heterocycles. The summed E-state index contributed by atoms with van der Waals surface area (Å²) >= 11 is 1.52. The van der Waals surface area contributed by atoms with Crippen LogP contribution in [-0.2, 0) is 14.3 Å². The fourth-order valence-corrected chi connectivity index (χ4v) is 4.43. The first-order chi connectivity index (χ1) is 18.5. The van der Waals surface area contributed by atoms with Gasteiger partial charge in [0.25, 0.3) is 5.91 Å². The van der Waals surface area contributed by atoms with Crippen molar-refractivity contribution in [1.29, 1.82) is 0 Å². The molecule has 1 atom stereocenters. The van der Waals surface area contributed by atoms with Gasteiger partial charge in [0.15, 0.2) is 0 Å². The summed E-state index contributed by atoms with van der Waals surface area (Å²) in [5, 5.41) is 12.3. The summed E-state index contributed by atoms with van der Waals surface area (Å²) in [6.07, 6.45) is 7.20. The van der Waals surface area contributed by atoms with E-state index in [2.05, 4.69) is 10.3 Å². The molecular weight excluding hydrogens is 512 g/mol. The Balaban J connectivity index is 2.16. The third-order valence-corrected chi connectivity index (χ3v) is 6.48. The van der Waals surface area contributed by atoms with Gasteiger partial charge in [0.05, 0.1) is 5.57 Å². The first kappa shape index (κ1) is 29.6. The summed E-state index contributed by atoms with van der Waals surface area (Å²) in [6.45, 7) is 7.33. The van der Waals surface area contributed by atoms with Crippen molar-refractivity contribution in [2.45, 2.75) is 45.8 Å². The van der Waals surface area contributed by atoms with Crippen molar-refractivity contribution in [3.8, 4) is 11.1 Å². The van der Waals surface area contributed by atoms with E-state index in [0.29, 0.717) is 34.4 Å². The molecule has 204 valence electrons. The van der Waals surface area contributed by atoms with E-state index in [1.165, 1.54) is 11.8 Å². The molecule has 0 fully saturated rings. The summed E-state index contributed by atoms with van der Waals surface area (Å²) in [7, 11) is 0. The number of carboxylic acids is 1. The van der Waals surface area contributed by atoms with Crippen LogP contribution in [0.25, 0.3) is 22.8 Å². The number of hydrogen-bond acceptors (Lipinski definition) is 6. The second-order valence-corrected chi connectivity index (χ2v) is 11.1. The van der Waals surface area contributed by atoms with Crippen LogP contribution in [0.3, 0.4) is 0 Å². The highest BCUT2D eigenvalue weighted by Crippen LogP contribution is 2.32. The van der Waals surface area contributed by atoms with Crippen LogP contribution in [0.5, 0.6) is 0 Å². The fraction of sp³-hybridized carbons (Fsp3) is 0.290. The van der Waals surface area contributed by atoms with Gasteiger partial charge in [0.2, 0.25) is 0 Å². The van der Waals surface area contributed by atoms with Gasteiger partial charge in [0.1, 0.15) is 11.6 Å². The Morgan fingerprint density at radius 2 is 1.82 bits per heavy atom. The highest BCUT2D eigenvalue weighted by Gasteiger charge is 2.25. The number of thioether (sulfide) groups is 1. The Labute approximate surface area is 233 Å². The van der Waals surface area contributed by atoms with Gasteiger partial charge in [0, 0.05) is 18.0 Å². The Morgan fingerprint density at radius 1 is 1.08 bits per heavy atom. The normalized spacial score (nSPS) is 12.5. The van der Waals surface area contributed by atoms with E-state index < -0.39 is 29.5 Å². The molecule has 0 radical (unpaired) electrons. The number of nitrogens with zero attached hydrogens (tertiary/aromatic N) is 1. The standard InChI is InChI=1S/C31H34N2O5S/c1-20-9-6-7-11-23(20)26-18-22(12-13-24(26)28(34)33-27(29(35)36)14-16-39-5)25(30(37)38-31(2,3)4)17-21-10-8-15-32-19-21/h6-13,15,17-19,27H,14,16H2,1-5H3,(H,33,34)(H,35,36)/b25-17+/t27-/m0/s1. The van der Waals surface area contributed by atoms with Crippen LogP contribution in [0.4, 0.5) is 0 Å². The maximum Gasteiger partial charge on any atom is 0.339 e. The van der Waals surface area contributed by atoms with Gasteiger partial charge < -0.3 is 15.2 Å². The number of carbonyl (C=O) groups excluding carboxylic acids is 2. The van der Waals surface area contributed by atoms with Gasteiger partial charge in [-0.3, -0.25) is 9.78 Å². The van der Waals surface area contributed by atoms with E-state index in [4.69, 9.17) is 4.74 Å². The molecule has 2 aromatic carbocycles. The maximum absolute atomic E-state index is 13.4. The van der Waals surface area contributed by atoms with E-state index in [1.54, 1.807) is 63.5 Å². The SMILES string of the molecule is CSCC[C@H](NC(=O)c1ccc(/C(=C\c2cccnc2)C(=O)OC(C)(C)C)cc1-c1ccccc1C)C(=O)O. The van der Waals surface area contributed by atoms with Gasteiger partial charge >= 0.3 is 11.9 Å². The van der Waals surface area contributed by atoms with Crippen LogP contribution in [0.1, 0.15) is 54.2 Å². The number of esters is 1. The van der Waals surface area contributed by atoms with E-state index in [0.717, 1.165) is 16.7 Å². The lowest BCUT2D eigenvalue weighted by Gasteiger charge is -2.22. The predicted octanol–water partition coefficient (Wildman–Crippen LogP) is 5.88. The van der Waals surface area contributed by atoms with Crippen LogP contribution in [-0.4, -0.2) is 51.6 Å². The molecule has 0 saturated carbocycles. The van der Waals surface area contributed by atoms with Crippen LogP contribution < -0.4 is 5.32 Å². The number of pyridine rings is 1. The van der Waals surface area contributed by atoms with Crippen LogP contribution in [0.15, 0.2) is 67.0 Å². The van der Waals surface area contributed by atoms with E-state index in [9.17, 15) is 19.5 Å². The molecule has 0 unspecified atom stereocenters. The van der Waals surface area contributed by atoms with Gasteiger partial charge in [-0.05, 0) is 98.2 Å². The summed E-state index contributed by atoms with van der Waals surface area (Å²) in [4.78, 5) is 42.7. The van der Waals surface area contributed by atoms with Crippen molar-refractivity contribution < 1.29 is 24.2 Å². The van der Waals surface area contributed by atoms with Gasteiger partial charge in [-0.2, -0.15) is 11.8 Å². The van der Waals surface area contributed by atoms with E-state index in [1.807, 2.05) is 43.5 Å².